The quantitative estimate of drug-likeness (QED) is 0.724. The molecule has 0 aliphatic carbocycles. The minimum absolute atomic E-state index is 0.269. The number of nitrogens with zero attached hydrogens (tertiary/aromatic N) is 6. The van der Waals surface area contributed by atoms with Crippen LogP contribution in [0.3, 0.4) is 0 Å². The van der Waals surface area contributed by atoms with E-state index in [0.717, 1.165) is 24.2 Å². The lowest BCUT2D eigenvalue weighted by Gasteiger charge is -2.29. The number of rotatable bonds is 5. The fraction of sp³-hybridized carbons (Fsp3) is 0.400. The summed E-state index contributed by atoms with van der Waals surface area (Å²) in [4.78, 5) is 0. The highest BCUT2D eigenvalue weighted by Crippen LogP contribution is 2.26. The van der Waals surface area contributed by atoms with E-state index in [1.807, 2.05) is 58.9 Å². The molecule has 0 saturated heterocycles. The maximum Gasteiger partial charge on any atom is 0.0785 e. The summed E-state index contributed by atoms with van der Waals surface area (Å²) in [5, 5.41) is 13.8. The average molecular weight is 319 g/mol. The molecule has 0 amide bonds. The van der Waals surface area contributed by atoms with E-state index in [4.69, 9.17) is 11.6 Å². The third kappa shape index (κ3) is 2.92. The summed E-state index contributed by atoms with van der Waals surface area (Å²) in [5.41, 5.74) is 1.90. The molecule has 0 radical (unpaired) electrons. The average Bonchev–Trinajstić information content (AvgIpc) is 3.15. The van der Waals surface area contributed by atoms with Gasteiger partial charge in [-0.1, -0.05) is 11.6 Å². The van der Waals surface area contributed by atoms with Gasteiger partial charge in [0, 0.05) is 51.2 Å². The van der Waals surface area contributed by atoms with Gasteiger partial charge in [-0.15, -0.1) is 0 Å². The lowest BCUT2D eigenvalue weighted by atomic mass is 9.90. The molecule has 3 heterocycles. The Morgan fingerprint density at radius 1 is 1.18 bits per heavy atom. The third-order valence-corrected chi connectivity index (χ3v) is 4.11. The van der Waals surface area contributed by atoms with Gasteiger partial charge in [0.25, 0.3) is 0 Å². The van der Waals surface area contributed by atoms with Crippen LogP contribution in [-0.4, -0.2) is 29.3 Å². The van der Waals surface area contributed by atoms with Gasteiger partial charge in [0.2, 0.25) is 0 Å². The first kappa shape index (κ1) is 14.8. The van der Waals surface area contributed by atoms with Gasteiger partial charge in [0.15, 0.2) is 0 Å². The molecule has 22 heavy (non-hydrogen) atoms. The molecule has 3 aromatic heterocycles. The van der Waals surface area contributed by atoms with Crippen molar-refractivity contribution in [2.75, 3.05) is 0 Å². The minimum atomic E-state index is -0.269. The largest absolute Gasteiger partial charge is 0.276 e. The van der Waals surface area contributed by atoms with E-state index < -0.39 is 0 Å². The fourth-order valence-corrected chi connectivity index (χ4v) is 2.87. The van der Waals surface area contributed by atoms with E-state index in [1.54, 1.807) is 6.20 Å². The van der Waals surface area contributed by atoms with E-state index in [9.17, 15) is 0 Å². The van der Waals surface area contributed by atoms with Crippen molar-refractivity contribution < 1.29 is 0 Å². The highest BCUT2D eigenvalue weighted by Gasteiger charge is 2.30. The molecule has 7 heteroatoms. The molecule has 3 rings (SSSR count). The standard InChI is InChI=1S/C15H19ClN6/c1-15(22-11-12(16)10-18-22,8-13-5-7-20(2)19-13)9-14-4-6-17-21(14)3/h4-7,10-11H,8-9H2,1-3H3. The molecule has 0 N–H and O–H groups in total. The van der Waals surface area contributed by atoms with Crippen LogP contribution in [-0.2, 0) is 32.5 Å². The van der Waals surface area contributed by atoms with Gasteiger partial charge >= 0.3 is 0 Å². The predicted molar refractivity (Wildman–Crippen MR) is 84.7 cm³/mol. The summed E-state index contributed by atoms with van der Waals surface area (Å²) < 4.78 is 5.63. The molecule has 0 aliphatic heterocycles. The molecular formula is C15H19ClN6. The topological polar surface area (TPSA) is 53.5 Å². The van der Waals surface area contributed by atoms with E-state index in [1.165, 1.54) is 0 Å². The Hall–Kier alpha value is -2.08. The van der Waals surface area contributed by atoms with Crippen LogP contribution in [0.1, 0.15) is 18.3 Å². The van der Waals surface area contributed by atoms with Gasteiger partial charge in [-0.2, -0.15) is 15.3 Å². The zero-order chi connectivity index (χ0) is 15.7. The first-order valence-corrected chi connectivity index (χ1v) is 7.50. The molecule has 1 atom stereocenters. The Bertz CT molecular complexity index is 770. The van der Waals surface area contributed by atoms with Gasteiger partial charge in [-0.25, -0.2) is 0 Å². The molecule has 1 unspecified atom stereocenters. The van der Waals surface area contributed by atoms with Crippen molar-refractivity contribution in [1.82, 2.24) is 29.3 Å². The molecule has 116 valence electrons. The fourth-order valence-electron chi connectivity index (χ4n) is 2.73. The first-order valence-electron chi connectivity index (χ1n) is 7.12. The molecule has 6 nitrogen and oxygen atoms in total. The first-order chi connectivity index (χ1) is 10.5. The van der Waals surface area contributed by atoms with Crippen molar-refractivity contribution in [1.29, 1.82) is 0 Å². The van der Waals surface area contributed by atoms with Gasteiger partial charge < -0.3 is 0 Å². The molecule has 0 saturated carbocycles. The van der Waals surface area contributed by atoms with E-state index in [-0.39, 0.29) is 5.54 Å². The van der Waals surface area contributed by atoms with Crippen molar-refractivity contribution >= 4 is 11.6 Å². The number of hydrogen-bond donors (Lipinski definition) is 0. The highest BCUT2D eigenvalue weighted by atomic mass is 35.5. The number of aryl methyl sites for hydroxylation is 2. The zero-order valence-corrected chi connectivity index (χ0v) is 13.7. The van der Waals surface area contributed by atoms with Gasteiger partial charge in [-0.05, 0) is 19.1 Å². The summed E-state index contributed by atoms with van der Waals surface area (Å²) >= 11 is 6.07. The molecular weight excluding hydrogens is 300 g/mol. The Labute approximate surface area is 134 Å². The smallest absolute Gasteiger partial charge is 0.0785 e. The maximum absolute atomic E-state index is 6.07. The van der Waals surface area contributed by atoms with Gasteiger partial charge in [0.1, 0.15) is 0 Å². The van der Waals surface area contributed by atoms with Crippen LogP contribution in [0.4, 0.5) is 0 Å². The van der Waals surface area contributed by atoms with E-state index in [2.05, 4.69) is 22.2 Å². The Balaban J connectivity index is 1.95. The second-order valence-electron chi connectivity index (χ2n) is 5.88. The Morgan fingerprint density at radius 2 is 2.00 bits per heavy atom. The Morgan fingerprint density at radius 3 is 2.55 bits per heavy atom. The summed E-state index contributed by atoms with van der Waals surface area (Å²) in [5.74, 6) is 0. The molecule has 0 aliphatic rings. The lowest BCUT2D eigenvalue weighted by Crippen LogP contribution is -2.36. The molecule has 0 aromatic carbocycles. The normalized spacial score (nSPS) is 14.2. The second-order valence-corrected chi connectivity index (χ2v) is 6.32. The third-order valence-electron chi connectivity index (χ3n) is 3.92. The number of halogens is 1. The summed E-state index contributed by atoms with van der Waals surface area (Å²) in [6, 6.07) is 4.06. The van der Waals surface area contributed by atoms with Crippen LogP contribution >= 0.6 is 11.6 Å². The number of aromatic nitrogens is 6. The summed E-state index contributed by atoms with van der Waals surface area (Å²) in [6.45, 7) is 2.16. The van der Waals surface area contributed by atoms with E-state index >= 15 is 0 Å². The molecule has 0 fully saturated rings. The minimum Gasteiger partial charge on any atom is -0.276 e. The predicted octanol–water partition coefficient (Wildman–Crippen LogP) is 2.20. The summed E-state index contributed by atoms with van der Waals surface area (Å²) in [7, 11) is 3.87. The second kappa shape index (κ2) is 5.61. The zero-order valence-electron chi connectivity index (χ0n) is 12.9. The van der Waals surface area contributed by atoms with Crippen molar-refractivity contribution in [3.8, 4) is 0 Å². The number of hydrogen-bond acceptors (Lipinski definition) is 3. The monoisotopic (exact) mass is 318 g/mol. The molecule has 0 spiro atoms. The molecule has 3 aromatic rings. The van der Waals surface area contributed by atoms with Crippen LogP contribution in [0, 0.1) is 0 Å². The highest BCUT2D eigenvalue weighted by molar-refractivity contribution is 6.30. The van der Waals surface area contributed by atoms with Crippen molar-refractivity contribution in [2.24, 2.45) is 14.1 Å². The Kier molecular flexibility index (Phi) is 3.78. The van der Waals surface area contributed by atoms with Crippen LogP contribution in [0.2, 0.25) is 5.02 Å². The van der Waals surface area contributed by atoms with Crippen LogP contribution in [0.25, 0.3) is 0 Å². The van der Waals surface area contributed by atoms with Crippen LogP contribution in [0.15, 0.2) is 36.9 Å². The van der Waals surface area contributed by atoms with Crippen LogP contribution in [0.5, 0.6) is 0 Å². The summed E-state index contributed by atoms with van der Waals surface area (Å²) in [6.07, 6.45) is 8.85. The maximum atomic E-state index is 6.07. The SMILES string of the molecule is Cn1ccc(CC(C)(Cc2ccnn2C)n2cc(Cl)cn2)n1. The molecule has 0 bridgehead atoms. The van der Waals surface area contributed by atoms with Crippen molar-refractivity contribution in [3.63, 3.8) is 0 Å². The van der Waals surface area contributed by atoms with Gasteiger partial charge in [-0.3, -0.25) is 14.0 Å². The van der Waals surface area contributed by atoms with Crippen LogP contribution < -0.4 is 0 Å². The van der Waals surface area contributed by atoms with Crippen molar-refractivity contribution in [2.45, 2.75) is 25.3 Å². The van der Waals surface area contributed by atoms with Gasteiger partial charge in [0.05, 0.1) is 22.5 Å². The van der Waals surface area contributed by atoms with E-state index in [0.29, 0.717) is 5.02 Å². The lowest BCUT2D eigenvalue weighted by molar-refractivity contribution is 0.272. The van der Waals surface area contributed by atoms with Crippen molar-refractivity contribution in [3.05, 3.63) is 53.3 Å².